The monoisotopic (exact) mass is 643 g/mol. The molecule has 0 saturated heterocycles. The van der Waals surface area contributed by atoms with Crippen LogP contribution in [0.5, 0.6) is 0 Å². The Hall–Kier alpha value is -3.07. The first-order valence-corrected chi connectivity index (χ1v) is 16.9. The highest BCUT2D eigenvalue weighted by molar-refractivity contribution is 7.92. The molecular weight excluding hydrogens is 605 g/mol. The number of nitrogens with zero attached hydrogens (tertiary/aromatic N) is 2. The molecule has 3 aromatic rings. The van der Waals surface area contributed by atoms with Gasteiger partial charge in [0, 0.05) is 22.6 Å². The molecule has 0 aromatic heterocycles. The van der Waals surface area contributed by atoms with E-state index in [-0.39, 0.29) is 23.4 Å². The molecule has 0 radical (unpaired) electrons. The highest BCUT2D eigenvalue weighted by Gasteiger charge is 2.35. The van der Waals surface area contributed by atoms with Crippen LogP contribution in [-0.2, 0) is 26.2 Å². The number of benzene rings is 3. The number of hydrogen-bond acceptors (Lipinski definition) is 4. The van der Waals surface area contributed by atoms with Gasteiger partial charge in [-0.15, -0.1) is 0 Å². The van der Waals surface area contributed by atoms with Crippen LogP contribution in [0.1, 0.15) is 62.1 Å². The molecule has 0 heterocycles. The van der Waals surface area contributed by atoms with E-state index in [4.69, 9.17) is 23.2 Å². The number of hydrogen-bond donors (Lipinski definition) is 1. The van der Waals surface area contributed by atoms with Crippen molar-refractivity contribution in [3.05, 3.63) is 93.5 Å². The van der Waals surface area contributed by atoms with Gasteiger partial charge in [0.2, 0.25) is 11.8 Å². The molecule has 0 unspecified atom stereocenters. The van der Waals surface area contributed by atoms with Crippen LogP contribution in [0.3, 0.4) is 0 Å². The lowest BCUT2D eigenvalue weighted by Crippen LogP contribution is -2.54. The second kappa shape index (κ2) is 14.6. The molecule has 1 N–H and O–H groups in total. The molecule has 1 fully saturated rings. The van der Waals surface area contributed by atoms with E-state index in [0.29, 0.717) is 33.3 Å². The maximum Gasteiger partial charge on any atom is 0.264 e. The average molecular weight is 645 g/mol. The zero-order valence-corrected chi connectivity index (χ0v) is 27.2. The maximum atomic E-state index is 14.3. The largest absolute Gasteiger partial charge is 0.352 e. The molecule has 1 aliphatic carbocycles. The van der Waals surface area contributed by atoms with Crippen LogP contribution in [0.2, 0.25) is 10.0 Å². The molecule has 3 aromatic carbocycles. The van der Waals surface area contributed by atoms with Crippen molar-refractivity contribution in [3.63, 3.8) is 0 Å². The Morgan fingerprint density at radius 2 is 1.63 bits per heavy atom. The third-order valence-electron chi connectivity index (χ3n) is 7.95. The smallest absolute Gasteiger partial charge is 0.264 e. The Bertz CT molecular complexity index is 1540. The first kappa shape index (κ1) is 32.8. The third-order valence-corrected chi connectivity index (χ3v) is 10.3. The van der Waals surface area contributed by atoms with Gasteiger partial charge in [0.25, 0.3) is 10.0 Å². The number of carbonyl (C=O) groups is 2. The summed E-state index contributed by atoms with van der Waals surface area (Å²) in [5.41, 5.74) is 2.49. The summed E-state index contributed by atoms with van der Waals surface area (Å²) in [7, 11) is -4.18. The van der Waals surface area contributed by atoms with Crippen LogP contribution < -0.4 is 9.62 Å². The van der Waals surface area contributed by atoms with Crippen LogP contribution in [0.25, 0.3) is 0 Å². The van der Waals surface area contributed by atoms with Crippen LogP contribution in [0.4, 0.5) is 5.69 Å². The molecule has 0 spiro atoms. The van der Waals surface area contributed by atoms with Gasteiger partial charge in [0.1, 0.15) is 12.6 Å². The Morgan fingerprint density at radius 1 is 0.953 bits per heavy atom. The number of aryl methyl sites for hydroxylation is 2. The van der Waals surface area contributed by atoms with Crippen LogP contribution in [0, 0.1) is 13.8 Å². The van der Waals surface area contributed by atoms with Crippen LogP contribution >= 0.6 is 23.2 Å². The average Bonchev–Trinajstić information content (AvgIpc) is 2.97. The number of anilines is 1. The van der Waals surface area contributed by atoms with E-state index in [2.05, 4.69) is 5.32 Å². The van der Waals surface area contributed by atoms with Gasteiger partial charge < -0.3 is 10.2 Å². The number of halogens is 2. The number of nitrogens with one attached hydrogen (secondary N) is 1. The Balaban J connectivity index is 1.74. The fourth-order valence-electron chi connectivity index (χ4n) is 5.52. The summed E-state index contributed by atoms with van der Waals surface area (Å²) in [5.74, 6) is -0.763. The first-order valence-electron chi connectivity index (χ1n) is 14.7. The Labute approximate surface area is 265 Å². The molecule has 230 valence electrons. The van der Waals surface area contributed by atoms with Crippen molar-refractivity contribution >= 4 is 50.7 Å². The van der Waals surface area contributed by atoms with Gasteiger partial charge in [-0.2, -0.15) is 0 Å². The molecule has 1 aliphatic rings. The molecule has 1 saturated carbocycles. The Kier molecular flexibility index (Phi) is 11.2. The normalized spacial score (nSPS) is 14.6. The minimum absolute atomic E-state index is 0.0487. The Morgan fingerprint density at radius 3 is 2.26 bits per heavy atom. The predicted molar refractivity (Wildman–Crippen MR) is 173 cm³/mol. The van der Waals surface area contributed by atoms with E-state index in [1.165, 1.54) is 17.0 Å². The zero-order valence-electron chi connectivity index (χ0n) is 24.9. The molecule has 2 amide bonds. The van der Waals surface area contributed by atoms with Crippen molar-refractivity contribution in [3.8, 4) is 0 Å². The minimum atomic E-state index is -4.18. The summed E-state index contributed by atoms with van der Waals surface area (Å²) < 4.78 is 29.3. The zero-order chi connectivity index (χ0) is 31.1. The van der Waals surface area contributed by atoms with Crippen molar-refractivity contribution in [1.29, 1.82) is 0 Å². The first-order chi connectivity index (χ1) is 20.5. The molecular formula is C33H39Cl2N3O4S. The van der Waals surface area contributed by atoms with Crippen LogP contribution in [0.15, 0.2) is 71.6 Å². The quantitative estimate of drug-likeness (QED) is 0.242. The molecule has 0 bridgehead atoms. The highest BCUT2D eigenvalue weighted by atomic mass is 35.5. The van der Waals surface area contributed by atoms with Gasteiger partial charge in [-0.3, -0.25) is 13.9 Å². The number of rotatable bonds is 11. The SMILES string of the molecule is CC[C@@H](C(=O)NC1CCCCC1)N(Cc1ccccc1Cl)C(=O)CN(c1ccc(Cl)cc1C)S(=O)(=O)c1ccc(C)cc1. The fraction of sp³-hybridized carbons (Fsp3) is 0.394. The summed E-state index contributed by atoms with van der Waals surface area (Å²) in [6, 6.07) is 17.7. The van der Waals surface area contributed by atoms with Crippen molar-refractivity contribution in [2.24, 2.45) is 0 Å². The maximum absolute atomic E-state index is 14.3. The fourth-order valence-corrected chi connectivity index (χ4v) is 7.42. The molecule has 1 atom stereocenters. The summed E-state index contributed by atoms with van der Waals surface area (Å²) in [4.78, 5) is 29.5. The van der Waals surface area contributed by atoms with Crippen molar-refractivity contribution in [1.82, 2.24) is 10.2 Å². The number of sulfonamides is 1. The molecule has 43 heavy (non-hydrogen) atoms. The van der Waals surface area contributed by atoms with Crippen molar-refractivity contribution in [2.75, 3.05) is 10.8 Å². The van der Waals surface area contributed by atoms with Gasteiger partial charge in [0.05, 0.1) is 10.6 Å². The van der Waals surface area contributed by atoms with Gasteiger partial charge in [-0.25, -0.2) is 8.42 Å². The number of carbonyl (C=O) groups excluding carboxylic acids is 2. The topological polar surface area (TPSA) is 86.8 Å². The summed E-state index contributed by atoms with van der Waals surface area (Å²) >= 11 is 12.7. The molecule has 4 rings (SSSR count). The second-order valence-electron chi connectivity index (χ2n) is 11.1. The van der Waals surface area contributed by atoms with E-state index in [1.807, 2.05) is 19.9 Å². The lowest BCUT2D eigenvalue weighted by Gasteiger charge is -2.35. The van der Waals surface area contributed by atoms with Crippen molar-refractivity contribution < 1.29 is 18.0 Å². The predicted octanol–water partition coefficient (Wildman–Crippen LogP) is 7.06. The van der Waals surface area contributed by atoms with Gasteiger partial charge >= 0.3 is 0 Å². The standard InChI is InChI=1S/C33H39Cl2N3O4S/c1-4-30(33(40)36-27-11-6-5-7-12-27)37(21-25-10-8-9-13-29(25)35)32(39)22-38(31-19-16-26(34)20-24(31)3)43(41,42)28-17-14-23(2)15-18-28/h8-10,13-20,27,30H,4-7,11-12,21-22H2,1-3H3,(H,36,40)/t30-/m0/s1. The summed E-state index contributed by atoms with van der Waals surface area (Å²) in [6.07, 6.45) is 5.40. The van der Waals surface area contributed by atoms with E-state index >= 15 is 0 Å². The van der Waals surface area contributed by atoms with E-state index in [0.717, 1.165) is 42.0 Å². The van der Waals surface area contributed by atoms with E-state index in [1.54, 1.807) is 55.5 Å². The van der Waals surface area contributed by atoms with E-state index < -0.39 is 28.5 Å². The molecule has 10 heteroatoms. The van der Waals surface area contributed by atoms with Crippen molar-refractivity contribution in [2.45, 2.75) is 82.8 Å². The lowest BCUT2D eigenvalue weighted by atomic mass is 9.95. The third kappa shape index (κ3) is 8.11. The minimum Gasteiger partial charge on any atom is -0.352 e. The summed E-state index contributed by atoms with van der Waals surface area (Å²) in [5, 5.41) is 4.06. The van der Waals surface area contributed by atoms with Gasteiger partial charge in [-0.1, -0.05) is 85.3 Å². The van der Waals surface area contributed by atoms with Crippen LogP contribution in [-0.4, -0.2) is 43.8 Å². The molecule has 0 aliphatic heterocycles. The lowest BCUT2D eigenvalue weighted by molar-refractivity contribution is -0.140. The highest BCUT2D eigenvalue weighted by Crippen LogP contribution is 2.30. The van der Waals surface area contributed by atoms with Gasteiger partial charge in [-0.05, 0) is 80.6 Å². The second-order valence-corrected chi connectivity index (χ2v) is 13.8. The number of amides is 2. The van der Waals surface area contributed by atoms with Gasteiger partial charge in [0.15, 0.2) is 0 Å². The summed E-state index contributed by atoms with van der Waals surface area (Å²) in [6.45, 7) is 5.00. The molecule has 7 nitrogen and oxygen atoms in total. The van der Waals surface area contributed by atoms with E-state index in [9.17, 15) is 18.0 Å².